The molecule has 2 saturated heterocycles. The van der Waals surface area contributed by atoms with Gasteiger partial charge in [-0.05, 0) is 37.0 Å². The minimum Gasteiger partial charge on any atom is -0.356 e. The minimum atomic E-state index is -1.52. The average molecular weight is 404 g/mol. The van der Waals surface area contributed by atoms with Crippen LogP contribution in [0.4, 0.5) is 13.2 Å². The van der Waals surface area contributed by atoms with E-state index in [1.807, 2.05) is 0 Å². The second kappa shape index (κ2) is 7.87. The fourth-order valence-electron chi connectivity index (χ4n) is 3.94. The Morgan fingerprint density at radius 1 is 1.24 bits per heavy atom. The maximum absolute atomic E-state index is 13.5. The van der Waals surface area contributed by atoms with E-state index in [1.165, 1.54) is 4.90 Å². The summed E-state index contributed by atoms with van der Waals surface area (Å²) in [6.07, 6.45) is 4.05. The highest BCUT2D eigenvalue weighted by atomic mass is 19.2. The number of nitrogens with zero attached hydrogens (tertiary/aromatic N) is 4. The van der Waals surface area contributed by atoms with Crippen molar-refractivity contribution in [1.29, 1.82) is 5.26 Å². The lowest BCUT2D eigenvalue weighted by atomic mass is 9.98. The van der Waals surface area contributed by atoms with Gasteiger partial charge in [-0.3, -0.25) is 4.79 Å². The van der Waals surface area contributed by atoms with Crippen LogP contribution in [0, 0.1) is 28.8 Å². The summed E-state index contributed by atoms with van der Waals surface area (Å²) < 4.78 is 47.5. The monoisotopic (exact) mass is 404 g/mol. The Balaban J connectivity index is 1.51. The Labute approximate surface area is 165 Å². The maximum atomic E-state index is 13.5. The van der Waals surface area contributed by atoms with Crippen LogP contribution in [-0.4, -0.2) is 33.7 Å². The second-order valence-electron chi connectivity index (χ2n) is 7.37. The summed E-state index contributed by atoms with van der Waals surface area (Å²) in [6.45, 7) is 0.998. The smallest absolute Gasteiger partial charge is 0.223 e. The van der Waals surface area contributed by atoms with Gasteiger partial charge in [0.25, 0.3) is 0 Å². The zero-order chi connectivity index (χ0) is 20.5. The fourth-order valence-corrected chi connectivity index (χ4v) is 3.94. The van der Waals surface area contributed by atoms with E-state index in [2.05, 4.69) is 11.2 Å². The van der Waals surface area contributed by atoms with Gasteiger partial charge in [-0.25, -0.2) is 17.9 Å². The zero-order valence-corrected chi connectivity index (χ0v) is 15.6. The number of carbonyl (C=O) groups is 1. The van der Waals surface area contributed by atoms with Crippen molar-refractivity contribution < 1.29 is 22.7 Å². The number of amides is 1. The predicted molar refractivity (Wildman–Crippen MR) is 94.9 cm³/mol. The molecule has 2 fully saturated rings. The molecule has 9 heteroatoms. The van der Waals surface area contributed by atoms with E-state index in [1.54, 1.807) is 10.9 Å². The molecule has 4 rings (SSSR count). The van der Waals surface area contributed by atoms with Crippen molar-refractivity contribution in [2.45, 2.75) is 44.4 Å². The number of ether oxygens (including phenoxy) is 1. The van der Waals surface area contributed by atoms with Gasteiger partial charge in [0.1, 0.15) is 11.8 Å². The first-order valence-electron chi connectivity index (χ1n) is 9.48. The lowest BCUT2D eigenvalue weighted by Crippen LogP contribution is -2.25. The SMILES string of the molecule is N#Cc1c(CN2CC(c3cc(F)c(F)c(F)c3)CC2=O)cnn1C1CCCCO1. The first-order chi connectivity index (χ1) is 14.0. The van der Waals surface area contributed by atoms with Gasteiger partial charge in [-0.1, -0.05) is 0 Å². The molecule has 0 aliphatic carbocycles. The van der Waals surface area contributed by atoms with Crippen LogP contribution in [0.25, 0.3) is 0 Å². The average Bonchev–Trinajstić information content (AvgIpc) is 3.30. The first-order valence-corrected chi connectivity index (χ1v) is 9.48. The number of likely N-dealkylation sites (tertiary alicyclic amines) is 1. The molecule has 6 nitrogen and oxygen atoms in total. The Morgan fingerprint density at radius 2 is 2.00 bits per heavy atom. The van der Waals surface area contributed by atoms with Crippen molar-refractivity contribution in [3.63, 3.8) is 0 Å². The number of hydrogen-bond acceptors (Lipinski definition) is 4. The second-order valence-corrected chi connectivity index (χ2v) is 7.37. The third kappa shape index (κ3) is 3.72. The number of hydrogen-bond donors (Lipinski definition) is 0. The Hall–Kier alpha value is -2.86. The lowest BCUT2D eigenvalue weighted by molar-refractivity contribution is -0.128. The number of rotatable bonds is 4. The van der Waals surface area contributed by atoms with Gasteiger partial charge in [0, 0.05) is 31.1 Å². The van der Waals surface area contributed by atoms with E-state index in [-0.39, 0.29) is 37.2 Å². The van der Waals surface area contributed by atoms with Crippen molar-refractivity contribution in [3.05, 3.63) is 52.6 Å². The molecule has 0 spiro atoms. The van der Waals surface area contributed by atoms with Crippen LogP contribution >= 0.6 is 0 Å². The van der Waals surface area contributed by atoms with Gasteiger partial charge in [0.15, 0.2) is 23.7 Å². The number of carbonyl (C=O) groups excluding carboxylic acids is 1. The summed E-state index contributed by atoms with van der Waals surface area (Å²) in [4.78, 5) is 14.0. The number of nitriles is 1. The number of aromatic nitrogens is 2. The van der Waals surface area contributed by atoms with E-state index >= 15 is 0 Å². The zero-order valence-electron chi connectivity index (χ0n) is 15.6. The number of benzene rings is 1. The molecule has 3 heterocycles. The third-order valence-corrected chi connectivity index (χ3v) is 5.46. The highest BCUT2D eigenvalue weighted by Gasteiger charge is 2.33. The molecule has 152 valence electrons. The summed E-state index contributed by atoms with van der Waals surface area (Å²) >= 11 is 0. The van der Waals surface area contributed by atoms with E-state index < -0.39 is 23.4 Å². The molecule has 0 N–H and O–H groups in total. The van der Waals surface area contributed by atoms with Crippen LogP contribution in [0.3, 0.4) is 0 Å². The molecule has 2 aliphatic heterocycles. The molecule has 0 bridgehead atoms. The van der Waals surface area contributed by atoms with E-state index in [0.717, 1.165) is 31.4 Å². The van der Waals surface area contributed by atoms with Gasteiger partial charge in [0.05, 0.1) is 12.7 Å². The molecule has 2 aliphatic rings. The van der Waals surface area contributed by atoms with E-state index in [9.17, 15) is 23.2 Å². The van der Waals surface area contributed by atoms with E-state index in [4.69, 9.17) is 4.74 Å². The fraction of sp³-hybridized carbons (Fsp3) is 0.450. The standard InChI is InChI=1S/C20H19F3N4O2/c21-15-5-12(6-16(22)20(15)23)13-7-18(28)26(10-13)11-14-9-25-27(17(14)8-24)19-3-1-2-4-29-19/h5-6,9,13,19H,1-4,7,10-11H2. The molecule has 0 radical (unpaired) electrons. The van der Waals surface area contributed by atoms with Gasteiger partial charge in [0.2, 0.25) is 5.91 Å². The molecule has 2 unspecified atom stereocenters. The third-order valence-electron chi connectivity index (χ3n) is 5.46. The predicted octanol–water partition coefficient (Wildman–Crippen LogP) is 3.39. The summed E-state index contributed by atoms with van der Waals surface area (Å²) in [7, 11) is 0. The van der Waals surface area contributed by atoms with Crippen molar-refractivity contribution in [1.82, 2.24) is 14.7 Å². The summed E-state index contributed by atoms with van der Waals surface area (Å²) in [5.41, 5.74) is 1.17. The van der Waals surface area contributed by atoms with Crippen molar-refractivity contribution in [2.24, 2.45) is 0 Å². The van der Waals surface area contributed by atoms with Crippen molar-refractivity contribution in [3.8, 4) is 6.07 Å². The highest BCUT2D eigenvalue weighted by molar-refractivity contribution is 5.79. The van der Waals surface area contributed by atoms with Gasteiger partial charge >= 0.3 is 0 Å². The van der Waals surface area contributed by atoms with Crippen LogP contribution in [0.2, 0.25) is 0 Å². The maximum Gasteiger partial charge on any atom is 0.223 e. The molecule has 1 aromatic heterocycles. The largest absolute Gasteiger partial charge is 0.356 e. The quantitative estimate of drug-likeness (QED) is 0.733. The van der Waals surface area contributed by atoms with Gasteiger partial charge < -0.3 is 9.64 Å². The molecular weight excluding hydrogens is 385 g/mol. The Morgan fingerprint density at radius 3 is 2.66 bits per heavy atom. The van der Waals surface area contributed by atoms with Crippen molar-refractivity contribution in [2.75, 3.05) is 13.2 Å². The van der Waals surface area contributed by atoms with Crippen molar-refractivity contribution >= 4 is 5.91 Å². The van der Waals surface area contributed by atoms with Crippen LogP contribution in [0.5, 0.6) is 0 Å². The van der Waals surface area contributed by atoms with Crippen LogP contribution in [0.15, 0.2) is 18.3 Å². The summed E-state index contributed by atoms with van der Waals surface area (Å²) in [5, 5.41) is 13.9. The van der Waals surface area contributed by atoms with Crippen LogP contribution in [0.1, 0.15) is 54.6 Å². The highest BCUT2D eigenvalue weighted by Crippen LogP contribution is 2.32. The summed E-state index contributed by atoms with van der Waals surface area (Å²) in [5.74, 6) is -4.72. The lowest BCUT2D eigenvalue weighted by Gasteiger charge is -2.23. The van der Waals surface area contributed by atoms with E-state index in [0.29, 0.717) is 17.9 Å². The number of halogens is 3. The Kier molecular flexibility index (Phi) is 5.28. The van der Waals surface area contributed by atoms with Gasteiger partial charge in [-0.2, -0.15) is 10.4 Å². The first kappa shape index (κ1) is 19.5. The molecule has 1 amide bonds. The molecule has 1 aromatic carbocycles. The Bertz CT molecular complexity index is 956. The van der Waals surface area contributed by atoms with Crippen LogP contribution in [-0.2, 0) is 16.1 Å². The molecule has 0 saturated carbocycles. The molecule has 29 heavy (non-hydrogen) atoms. The normalized spacial score (nSPS) is 22.1. The van der Waals surface area contributed by atoms with Gasteiger partial charge in [-0.15, -0.1) is 0 Å². The molecule has 2 aromatic rings. The topological polar surface area (TPSA) is 71.2 Å². The molecule has 2 atom stereocenters. The van der Waals surface area contributed by atoms with Crippen LogP contribution < -0.4 is 0 Å². The summed E-state index contributed by atoms with van der Waals surface area (Å²) in [6, 6.07) is 4.00. The molecular formula is C20H19F3N4O2. The minimum absolute atomic E-state index is 0.0618.